The highest BCUT2D eigenvalue weighted by atomic mass is 16.7. The smallest absolute Gasteiger partial charge is 0.345 e. The number of ether oxygens (including phenoxy) is 2. The predicted octanol–water partition coefficient (Wildman–Crippen LogP) is 3.23. The molecule has 9 nitrogen and oxygen atoms in total. The van der Waals surface area contributed by atoms with Gasteiger partial charge in [-0.15, -0.1) is 0 Å². The van der Waals surface area contributed by atoms with E-state index in [1.54, 1.807) is 23.0 Å². The Morgan fingerprint density at radius 1 is 1.06 bits per heavy atom. The first-order chi connectivity index (χ1) is 15.0. The van der Waals surface area contributed by atoms with Crippen LogP contribution in [-0.4, -0.2) is 49.3 Å². The Labute approximate surface area is 180 Å². The zero-order valence-electron chi connectivity index (χ0n) is 17.8. The van der Waals surface area contributed by atoms with Crippen molar-refractivity contribution in [3.8, 4) is 5.75 Å². The van der Waals surface area contributed by atoms with Crippen LogP contribution in [0.3, 0.4) is 0 Å². The van der Waals surface area contributed by atoms with Gasteiger partial charge in [0.1, 0.15) is 11.9 Å². The molecule has 5 rings (SSSR count). The van der Waals surface area contributed by atoms with E-state index in [4.69, 9.17) is 14.3 Å². The van der Waals surface area contributed by atoms with Crippen LogP contribution in [0.15, 0.2) is 48.5 Å². The molecule has 2 aromatic rings. The minimum Gasteiger partial charge on any atom is -0.497 e. The molecule has 4 amide bonds. The Hall–Kier alpha value is -3.30. The first kappa shape index (κ1) is 19.7. The molecule has 9 heteroatoms. The number of benzene rings is 2. The fourth-order valence-corrected chi connectivity index (χ4v) is 5.25. The summed E-state index contributed by atoms with van der Waals surface area (Å²) in [6.07, 6.45) is -0.644. The van der Waals surface area contributed by atoms with Gasteiger partial charge < -0.3 is 14.8 Å². The fraction of sp³-hybridized carbons (Fsp3) is 0.364. The van der Waals surface area contributed by atoms with Crippen LogP contribution in [0.5, 0.6) is 5.75 Å². The van der Waals surface area contributed by atoms with Crippen molar-refractivity contribution in [2.75, 3.05) is 30.6 Å². The van der Waals surface area contributed by atoms with E-state index in [1.807, 2.05) is 56.3 Å². The largest absolute Gasteiger partial charge is 0.497 e. The van der Waals surface area contributed by atoms with Gasteiger partial charge in [0.15, 0.2) is 11.3 Å². The van der Waals surface area contributed by atoms with Gasteiger partial charge in [0.05, 0.1) is 19.9 Å². The molecule has 0 aromatic heterocycles. The third kappa shape index (κ3) is 2.17. The molecule has 1 spiro atoms. The molecular formula is C22H24N4O5. The van der Waals surface area contributed by atoms with Crippen LogP contribution >= 0.6 is 0 Å². The summed E-state index contributed by atoms with van der Waals surface area (Å²) in [6.45, 7) is 4.08. The van der Waals surface area contributed by atoms with Gasteiger partial charge in [0.2, 0.25) is 0 Å². The van der Waals surface area contributed by atoms with Crippen LogP contribution in [0, 0.1) is 0 Å². The third-order valence-electron chi connectivity index (χ3n) is 6.44. The first-order valence-electron chi connectivity index (χ1n) is 10.1. The van der Waals surface area contributed by atoms with Crippen molar-refractivity contribution in [2.24, 2.45) is 0 Å². The lowest BCUT2D eigenvalue weighted by molar-refractivity contribution is -0.157. The molecule has 2 fully saturated rings. The Morgan fingerprint density at radius 3 is 2.45 bits per heavy atom. The number of hydrogen-bond acceptors (Lipinski definition) is 5. The number of nitrogens with zero attached hydrogens (tertiary/aromatic N) is 3. The van der Waals surface area contributed by atoms with E-state index < -0.39 is 23.5 Å². The molecule has 1 N–H and O–H groups in total. The molecule has 3 heterocycles. The summed E-state index contributed by atoms with van der Waals surface area (Å²) in [6, 6.07) is 14.0. The van der Waals surface area contributed by atoms with Crippen molar-refractivity contribution >= 4 is 23.4 Å². The van der Waals surface area contributed by atoms with Gasteiger partial charge in [-0.25, -0.2) is 9.59 Å². The van der Waals surface area contributed by atoms with E-state index in [1.165, 1.54) is 12.2 Å². The molecule has 31 heavy (non-hydrogen) atoms. The van der Waals surface area contributed by atoms with Crippen LogP contribution in [0.2, 0.25) is 0 Å². The Balaban J connectivity index is 1.81. The third-order valence-corrected chi connectivity index (χ3v) is 6.44. The van der Waals surface area contributed by atoms with Crippen molar-refractivity contribution in [3.63, 3.8) is 0 Å². The number of urea groups is 2. The van der Waals surface area contributed by atoms with E-state index in [0.29, 0.717) is 23.7 Å². The van der Waals surface area contributed by atoms with Gasteiger partial charge in [-0.2, -0.15) is 5.06 Å². The van der Waals surface area contributed by atoms with Crippen LogP contribution < -0.4 is 19.9 Å². The van der Waals surface area contributed by atoms with E-state index in [0.717, 1.165) is 5.56 Å². The summed E-state index contributed by atoms with van der Waals surface area (Å²) in [4.78, 5) is 35.8. The fourth-order valence-electron chi connectivity index (χ4n) is 5.25. The van der Waals surface area contributed by atoms with Gasteiger partial charge in [0.25, 0.3) is 0 Å². The number of fused-ring (bicyclic) bond motifs is 2. The van der Waals surface area contributed by atoms with E-state index >= 15 is 0 Å². The number of nitrogens with one attached hydrogen (secondary N) is 1. The lowest BCUT2D eigenvalue weighted by Gasteiger charge is -2.44. The van der Waals surface area contributed by atoms with Crippen molar-refractivity contribution < 1.29 is 23.9 Å². The van der Waals surface area contributed by atoms with Gasteiger partial charge in [-0.1, -0.05) is 18.2 Å². The predicted molar refractivity (Wildman–Crippen MR) is 113 cm³/mol. The quantitative estimate of drug-likeness (QED) is 0.797. The molecule has 0 aliphatic carbocycles. The normalized spacial score (nSPS) is 28.5. The molecule has 3 aliphatic heterocycles. The summed E-state index contributed by atoms with van der Waals surface area (Å²) in [5.41, 5.74) is -0.423. The van der Waals surface area contributed by atoms with E-state index in [9.17, 15) is 9.59 Å². The molecule has 2 saturated heterocycles. The van der Waals surface area contributed by atoms with Crippen LogP contribution in [0.25, 0.3) is 0 Å². The Bertz CT molecular complexity index is 1060. The number of carbonyl (C=O) groups excluding carboxylic acids is 2. The summed E-state index contributed by atoms with van der Waals surface area (Å²) in [5, 5.41) is 4.26. The minimum absolute atomic E-state index is 0.288. The zero-order chi connectivity index (χ0) is 22.0. The summed E-state index contributed by atoms with van der Waals surface area (Å²) in [7, 11) is 3.00. The van der Waals surface area contributed by atoms with E-state index in [-0.39, 0.29) is 6.03 Å². The maximum absolute atomic E-state index is 14.0. The van der Waals surface area contributed by atoms with Crippen LogP contribution in [-0.2, 0) is 9.57 Å². The summed E-state index contributed by atoms with van der Waals surface area (Å²) >= 11 is 0. The van der Waals surface area contributed by atoms with Gasteiger partial charge in [-0.3, -0.25) is 14.6 Å². The number of para-hydroxylation sites is 1. The molecule has 2 aromatic carbocycles. The van der Waals surface area contributed by atoms with Crippen LogP contribution in [0.4, 0.5) is 21.0 Å². The summed E-state index contributed by atoms with van der Waals surface area (Å²) < 4.78 is 11.6. The number of hydrogen-bond donors (Lipinski definition) is 1. The Kier molecular flexibility index (Phi) is 4.18. The average molecular weight is 424 g/mol. The molecular weight excluding hydrogens is 400 g/mol. The van der Waals surface area contributed by atoms with Crippen molar-refractivity contribution in [1.29, 1.82) is 0 Å². The molecule has 0 radical (unpaired) electrons. The van der Waals surface area contributed by atoms with Gasteiger partial charge >= 0.3 is 12.1 Å². The first-order valence-corrected chi connectivity index (χ1v) is 10.1. The second-order valence-electron chi connectivity index (χ2n) is 7.74. The highest BCUT2D eigenvalue weighted by Gasteiger charge is 2.80. The van der Waals surface area contributed by atoms with Gasteiger partial charge in [-0.05, 0) is 44.2 Å². The number of rotatable bonds is 5. The number of anilines is 2. The second kappa shape index (κ2) is 6.60. The maximum atomic E-state index is 14.0. The number of methoxy groups -OCH3 is 1. The van der Waals surface area contributed by atoms with Gasteiger partial charge in [0, 0.05) is 17.9 Å². The molecule has 3 atom stereocenters. The van der Waals surface area contributed by atoms with Crippen molar-refractivity contribution in [3.05, 3.63) is 54.1 Å². The molecule has 162 valence electrons. The second-order valence-corrected chi connectivity index (χ2v) is 7.74. The number of hydroxylamine groups is 2. The van der Waals surface area contributed by atoms with Crippen molar-refractivity contribution in [2.45, 2.75) is 31.3 Å². The molecule has 0 bridgehead atoms. The molecule has 0 unspecified atom stereocenters. The topological polar surface area (TPSA) is 83.6 Å². The molecule has 0 saturated carbocycles. The minimum atomic E-state index is -1.25. The maximum Gasteiger partial charge on any atom is 0.345 e. The SMILES string of the molecule is CCO[C@@H]1c2cc(OC)ccc2N2C(=O)N(c3ccccc3)[C@]3(C)N(OC)C(=O)N[C@]123. The standard InChI is InChI=1S/C22H24N4O5/c1-5-31-18-16-13-15(29-3)11-12-17(16)25-20(28)24(14-9-7-6-8-10-14)21(2)22(18,25)23-19(27)26(21)30-4/h6-13,18H,5H2,1-4H3,(H,23,27)/t18-,21-,22-/m1/s1. The highest BCUT2D eigenvalue weighted by molar-refractivity contribution is 6.13. The lowest BCUT2D eigenvalue weighted by Crippen LogP contribution is -2.67. The number of carbonyl (C=O) groups is 2. The van der Waals surface area contributed by atoms with Crippen LogP contribution in [0.1, 0.15) is 25.5 Å². The number of amides is 4. The zero-order valence-corrected chi connectivity index (χ0v) is 17.8. The highest BCUT2D eigenvalue weighted by Crippen LogP contribution is 2.61. The molecule has 3 aliphatic rings. The van der Waals surface area contributed by atoms with Crippen molar-refractivity contribution in [1.82, 2.24) is 10.4 Å². The average Bonchev–Trinajstić information content (AvgIpc) is 3.24. The monoisotopic (exact) mass is 424 g/mol. The van der Waals surface area contributed by atoms with E-state index in [2.05, 4.69) is 5.32 Å². The summed E-state index contributed by atoms with van der Waals surface area (Å²) in [5.74, 6) is 0.642. The Morgan fingerprint density at radius 2 is 1.81 bits per heavy atom. The lowest BCUT2D eigenvalue weighted by atomic mass is 9.88.